The van der Waals surface area contributed by atoms with E-state index < -0.39 is 28.3 Å². The lowest BCUT2D eigenvalue weighted by Gasteiger charge is -2.10. The number of anilines is 1. The molecule has 0 aromatic heterocycles. The van der Waals surface area contributed by atoms with Gasteiger partial charge < -0.3 is 10.1 Å². The molecule has 0 atom stereocenters. The fraction of sp³-hybridized carbons (Fsp3) is 0.0909. The van der Waals surface area contributed by atoms with Gasteiger partial charge in [0.15, 0.2) is 16.4 Å². The number of halogens is 1. The third kappa shape index (κ3) is 5.46. The highest BCUT2D eigenvalue weighted by Gasteiger charge is 2.14. The molecule has 3 aromatic rings. The number of amides is 1. The average molecular weight is 444 g/mol. The second-order valence-corrected chi connectivity index (χ2v) is 8.90. The van der Waals surface area contributed by atoms with E-state index in [1.807, 2.05) is 30.3 Å². The van der Waals surface area contributed by atoms with Gasteiger partial charge in [0.2, 0.25) is 0 Å². The summed E-state index contributed by atoms with van der Waals surface area (Å²) in [6, 6.07) is 20.5. The lowest BCUT2D eigenvalue weighted by Crippen LogP contribution is -2.21. The van der Waals surface area contributed by atoms with E-state index in [0.29, 0.717) is 5.56 Å². The maximum atomic E-state index is 12.2. The zero-order chi connectivity index (χ0) is 21.7. The van der Waals surface area contributed by atoms with Gasteiger partial charge in [-0.1, -0.05) is 54.1 Å². The number of carbonyl (C=O) groups excluding carboxylic acids is 2. The van der Waals surface area contributed by atoms with Crippen LogP contribution in [0.25, 0.3) is 11.1 Å². The molecular weight excluding hydrogens is 426 g/mol. The Kier molecular flexibility index (Phi) is 6.54. The molecule has 1 N–H and O–H groups in total. The second kappa shape index (κ2) is 9.11. The quantitative estimate of drug-likeness (QED) is 0.576. The standard InChI is InChI=1S/C22H18ClNO5S/c1-30(27,28)18-11-12-19(23)20(13-18)24-21(25)14-29-22(26)17-9-7-16(8-10-17)15-5-3-2-4-6-15/h2-13H,14H2,1H3,(H,24,25). The van der Waals surface area contributed by atoms with Crippen molar-refractivity contribution >= 4 is 39.0 Å². The molecule has 0 bridgehead atoms. The Balaban J connectivity index is 1.60. The third-order valence-corrected chi connectivity index (χ3v) is 5.64. The number of hydrogen-bond donors (Lipinski definition) is 1. The van der Waals surface area contributed by atoms with Gasteiger partial charge in [0.25, 0.3) is 5.91 Å². The summed E-state index contributed by atoms with van der Waals surface area (Å²) in [6.07, 6.45) is 1.05. The summed E-state index contributed by atoms with van der Waals surface area (Å²) < 4.78 is 28.3. The monoisotopic (exact) mass is 443 g/mol. The van der Waals surface area contributed by atoms with Crippen molar-refractivity contribution in [3.63, 3.8) is 0 Å². The van der Waals surface area contributed by atoms with E-state index in [1.54, 1.807) is 24.3 Å². The van der Waals surface area contributed by atoms with Crippen LogP contribution in [0.2, 0.25) is 5.02 Å². The molecule has 0 saturated carbocycles. The Hall–Kier alpha value is -3.16. The van der Waals surface area contributed by atoms with Crippen molar-refractivity contribution in [3.8, 4) is 11.1 Å². The summed E-state index contributed by atoms with van der Waals surface area (Å²) in [7, 11) is -3.46. The number of rotatable bonds is 6. The topological polar surface area (TPSA) is 89.5 Å². The van der Waals surface area contributed by atoms with Crippen molar-refractivity contribution < 1.29 is 22.7 Å². The molecule has 8 heteroatoms. The zero-order valence-corrected chi connectivity index (χ0v) is 17.5. The van der Waals surface area contributed by atoms with Crippen molar-refractivity contribution in [2.45, 2.75) is 4.90 Å². The van der Waals surface area contributed by atoms with Gasteiger partial charge >= 0.3 is 5.97 Å². The smallest absolute Gasteiger partial charge is 0.338 e. The lowest BCUT2D eigenvalue weighted by molar-refractivity contribution is -0.119. The summed E-state index contributed by atoms with van der Waals surface area (Å²) in [5, 5.41) is 2.61. The highest BCUT2D eigenvalue weighted by atomic mass is 35.5. The molecule has 0 radical (unpaired) electrons. The van der Waals surface area contributed by atoms with Crippen LogP contribution in [-0.4, -0.2) is 33.2 Å². The molecule has 30 heavy (non-hydrogen) atoms. The molecule has 0 aliphatic carbocycles. The van der Waals surface area contributed by atoms with E-state index in [4.69, 9.17) is 16.3 Å². The van der Waals surface area contributed by atoms with Crippen LogP contribution in [0.3, 0.4) is 0 Å². The molecule has 0 spiro atoms. The van der Waals surface area contributed by atoms with Gasteiger partial charge in [-0.2, -0.15) is 0 Å². The largest absolute Gasteiger partial charge is 0.452 e. The van der Waals surface area contributed by atoms with Crippen LogP contribution in [0.4, 0.5) is 5.69 Å². The van der Waals surface area contributed by atoms with Crippen LogP contribution in [0.1, 0.15) is 10.4 Å². The number of ether oxygens (including phenoxy) is 1. The first-order valence-corrected chi connectivity index (χ1v) is 11.1. The van der Waals surface area contributed by atoms with Crippen LogP contribution in [-0.2, 0) is 19.4 Å². The summed E-state index contributed by atoms with van der Waals surface area (Å²) in [5.41, 5.74) is 2.39. The minimum Gasteiger partial charge on any atom is -0.452 e. The van der Waals surface area contributed by atoms with Crippen LogP contribution >= 0.6 is 11.6 Å². The van der Waals surface area contributed by atoms with E-state index in [9.17, 15) is 18.0 Å². The molecule has 0 fully saturated rings. The highest BCUT2D eigenvalue weighted by molar-refractivity contribution is 7.90. The minimum atomic E-state index is -3.46. The first-order valence-electron chi connectivity index (χ1n) is 8.86. The molecule has 1 amide bonds. The highest BCUT2D eigenvalue weighted by Crippen LogP contribution is 2.25. The molecule has 0 unspecified atom stereocenters. The van der Waals surface area contributed by atoms with E-state index in [-0.39, 0.29) is 15.6 Å². The SMILES string of the molecule is CS(=O)(=O)c1ccc(Cl)c(NC(=O)COC(=O)c2ccc(-c3ccccc3)cc2)c1. The van der Waals surface area contributed by atoms with Crippen LogP contribution in [0.5, 0.6) is 0 Å². The van der Waals surface area contributed by atoms with Gasteiger partial charge in [-0.3, -0.25) is 4.79 Å². The van der Waals surface area contributed by atoms with Crippen molar-refractivity contribution in [1.82, 2.24) is 0 Å². The maximum Gasteiger partial charge on any atom is 0.338 e. The zero-order valence-electron chi connectivity index (χ0n) is 16.0. The van der Waals surface area contributed by atoms with Crippen molar-refractivity contribution in [3.05, 3.63) is 83.4 Å². The third-order valence-electron chi connectivity index (χ3n) is 4.20. The predicted molar refractivity (Wildman–Crippen MR) is 115 cm³/mol. The number of esters is 1. The van der Waals surface area contributed by atoms with E-state index in [0.717, 1.165) is 17.4 Å². The Morgan fingerprint density at radius 3 is 2.20 bits per heavy atom. The Bertz CT molecular complexity index is 1180. The molecule has 0 saturated heterocycles. The number of benzene rings is 3. The van der Waals surface area contributed by atoms with Gasteiger partial charge in [0, 0.05) is 6.26 Å². The van der Waals surface area contributed by atoms with E-state index in [2.05, 4.69) is 5.32 Å². The molecular formula is C22H18ClNO5S. The average Bonchev–Trinajstić information content (AvgIpc) is 2.73. The van der Waals surface area contributed by atoms with Gasteiger partial charge in [-0.25, -0.2) is 13.2 Å². The van der Waals surface area contributed by atoms with Crippen LogP contribution in [0, 0.1) is 0 Å². The molecule has 0 aliphatic rings. The fourth-order valence-corrected chi connectivity index (χ4v) is 3.47. The summed E-state index contributed by atoms with van der Waals surface area (Å²) in [4.78, 5) is 24.3. The Morgan fingerprint density at radius 2 is 1.57 bits per heavy atom. The lowest BCUT2D eigenvalue weighted by atomic mass is 10.0. The van der Waals surface area contributed by atoms with Crippen molar-refractivity contribution in [2.24, 2.45) is 0 Å². The first-order chi connectivity index (χ1) is 14.2. The van der Waals surface area contributed by atoms with Crippen LogP contribution < -0.4 is 5.32 Å². The molecule has 0 heterocycles. The molecule has 6 nitrogen and oxygen atoms in total. The predicted octanol–water partition coefficient (Wildman–Crippen LogP) is 4.21. The fourth-order valence-electron chi connectivity index (χ4n) is 2.66. The Morgan fingerprint density at radius 1 is 0.933 bits per heavy atom. The second-order valence-electron chi connectivity index (χ2n) is 6.48. The van der Waals surface area contributed by atoms with Gasteiger partial charge in [-0.15, -0.1) is 0 Å². The summed E-state index contributed by atoms with van der Waals surface area (Å²) >= 11 is 6.00. The van der Waals surface area contributed by atoms with Crippen molar-refractivity contribution in [2.75, 3.05) is 18.2 Å². The molecule has 3 rings (SSSR count). The number of sulfone groups is 1. The number of hydrogen-bond acceptors (Lipinski definition) is 5. The van der Waals surface area contributed by atoms with Crippen molar-refractivity contribution in [1.29, 1.82) is 0 Å². The number of nitrogens with one attached hydrogen (secondary N) is 1. The van der Waals surface area contributed by atoms with Crippen LogP contribution in [0.15, 0.2) is 77.7 Å². The summed E-state index contributed by atoms with van der Waals surface area (Å²) in [5.74, 6) is -1.29. The molecule has 3 aromatic carbocycles. The van der Waals surface area contributed by atoms with E-state index >= 15 is 0 Å². The number of carbonyl (C=O) groups is 2. The molecule has 154 valence electrons. The van der Waals surface area contributed by atoms with Gasteiger partial charge in [0.05, 0.1) is 21.2 Å². The van der Waals surface area contributed by atoms with E-state index in [1.165, 1.54) is 18.2 Å². The summed E-state index contributed by atoms with van der Waals surface area (Å²) in [6.45, 7) is -0.543. The Labute approximate surface area is 179 Å². The maximum absolute atomic E-state index is 12.2. The van der Waals surface area contributed by atoms with Gasteiger partial charge in [0.1, 0.15) is 0 Å². The minimum absolute atomic E-state index is 0.0118. The first kappa shape index (κ1) is 21.5. The van der Waals surface area contributed by atoms with Gasteiger partial charge in [-0.05, 0) is 41.5 Å². The molecule has 0 aliphatic heterocycles. The normalized spacial score (nSPS) is 11.0.